The molecule has 2 N–H and O–H groups in total. The van der Waals surface area contributed by atoms with E-state index in [4.69, 9.17) is 10.5 Å². The predicted octanol–water partition coefficient (Wildman–Crippen LogP) is 1.90. The third-order valence-corrected chi connectivity index (χ3v) is 3.55. The Hall–Kier alpha value is -2.96. The first-order chi connectivity index (χ1) is 11.6. The molecule has 0 spiro atoms. The van der Waals surface area contributed by atoms with Crippen LogP contribution in [-0.2, 0) is 6.54 Å². The van der Waals surface area contributed by atoms with Gasteiger partial charge in [-0.3, -0.25) is 9.79 Å². The van der Waals surface area contributed by atoms with E-state index in [-0.39, 0.29) is 6.04 Å². The Bertz CT molecular complexity index is 820. The highest BCUT2D eigenvalue weighted by Crippen LogP contribution is 2.32. The molecule has 0 fully saturated rings. The van der Waals surface area contributed by atoms with Crippen molar-refractivity contribution in [3.05, 3.63) is 35.7 Å². The molecule has 24 heavy (non-hydrogen) atoms. The second kappa shape index (κ2) is 6.66. The van der Waals surface area contributed by atoms with Gasteiger partial charge in [0.2, 0.25) is 0 Å². The maximum atomic E-state index is 11.1. The van der Waals surface area contributed by atoms with Crippen LogP contribution in [0.2, 0.25) is 0 Å². The van der Waals surface area contributed by atoms with E-state index in [0.29, 0.717) is 36.0 Å². The fourth-order valence-electron chi connectivity index (χ4n) is 2.57. The highest BCUT2D eigenvalue weighted by Gasteiger charge is 2.20. The van der Waals surface area contributed by atoms with Crippen molar-refractivity contribution in [2.45, 2.75) is 26.4 Å². The topological polar surface area (TPSA) is 94.9 Å². The first kappa shape index (κ1) is 15.9. The smallest absolute Gasteiger partial charge is 0.176 e. The summed E-state index contributed by atoms with van der Waals surface area (Å²) in [6.45, 7) is 5.10. The van der Waals surface area contributed by atoms with Crippen molar-refractivity contribution in [2.75, 3.05) is 6.61 Å². The maximum Gasteiger partial charge on any atom is 0.176 e. The molecule has 1 aliphatic heterocycles. The largest absolute Gasteiger partial charge is 0.491 e. The molecule has 0 bridgehead atoms. The second-order valence-corrected chi connectivity index (χ2v) is 5.69. The zero-order valence-electron chi connectivity index (χ0n) is 13.6. The number of carbonyl (C=O) groups excluding carboxylic acids is 1. The van der Waals surface area contributed by atoms with E-state index in [9.17, 15) is 4.79 Å². The lowest BCUT2D eigenvalue weighted by Crippen LogP contribution is -2.07. The number of amidine groups is 1. The quantitative estimate of drug-likeness (QED) is 0.529. The average Bonchev–Trinajstić information content (AvgIpc) is 2.91. The van der Waals surface area contributed by atoms with Crippen LogP contribution in [0, 0.1) is 0 Å². The molecule has 2 heterocycles. The van der Waals surface area contributed by atoms with Gasteiger partial charge in [0.25, 0.3) is 0 Å². The van der Waals surface area contributed by atoms with E-state index in [0.717, 1.165) is 17.7 Å². The number of ether oxygens (including phenoxy) is 1. The van der Waals surface area contributed by atoms with Crippen LogP contribution in [0.4, 0.5) is 0 Å². The number of rotatable bonds is 3. The van der Waals surface area contributed by atoms with Gasteiger partial charge in [-0.1, -0.05) is 0 Å². The van der Waals surface area contributed by atoms with Gasteiger partial charge in [0.15, 0.2) is 5.84 Å². The molecule has 1 aliphatic rings. The minimum absolute atomic E-state index is 0.0718. The number of benzene rings is 1. The Kier molecular flexibility index (Phi) is 4.41. The molecule has 1 aromatic carbocycles. The lowest BCUT2D eigenvalue weighted by atomic mass is 10.1. The molecule has 0 aliphatic carbocycles. The van der Waals surface area contributed by atoms with Gasteiger partial charge >= 0.3 is 0 Å². The lowest BCUT2D eigenvalue weighted by Gasteiger charge is -2.06. The molecule has 0 saturated heterocycles. The number of imidazole rings is 1. The molecular weight excluding hydrogens is 306 g/mol. The Morgan fingerprint density at radius 3 is 3.00 bits per heavy atom. The van der Waals surface area contributed by atoms with E-state index in [2.05, 4.69) is 15.0 Å². The summed E-state index contributed by atoms with van der Waals surface area (Å²) in [5, 5.41) is 0. The van der Waals surface area contributed by atoms with E-state index in [1.165, 1.54) is 6.34 Å². The van der Waals surface area contributed by atoms with Gasteiger partial charge in [-0.25, -0.2) is 9.98 Å². The average molecular weight is 325 g/mol. The molecule has 124 valence electrons. The Labute approximate surface area is 139 Å². The molecule has 3 rings (SSSR count). The maximum absolute atomic E-state index is 11.1. The number of aromatic nitrogens is 2. The number of hydrogen-bond acceptors (Lipinski definition) is 4. The van der Waals surface area contributed by atoms with E-state index < -0.39 is 0 Å². The summed E-state index contributed by atoms with van der Waals surface area (Å²) in [6, 6.07) is 5.38. The molecule has 2 aromatic rings. The summed E-state index contributed by atoms with van der Waals surface area (Å²) in [4.78, 5) is 24.4. The molecule has 0 saturated carbocycles. The zero-order valence-corrected chi connectivity index (χ0v) is 13.6. The summed E-state index contributed by atoms with van der Waals surface area (Å²) in [6.07, 6.45) is 3.91. The Morgan fingerprint density at radius 1 is 1.46 bits per heavy atom. The molecule has 0 radical (unpaired) electrons. The molecule has 0 atom stereocenters. The van der Waals surface area contributed by atoms with Crippen LogP contribution in [0.15, 0.2) is 34.4 Å². The van der Waals surface area contributed by atoms with Gasteiger partial charge in [-0.15, -0.1) is 0 Å². The molecule has 0 unspecified atom stereocenters. The number of carbonyl (C=O) groups is 1. The van der Waals surface area contributed by atoms with Crippen molar-refractivity contribution in [3.8, 4) is 17.1 Å². The molecule has 1 aromatic heterocycles. The summed E-state index contributed by atoms with van der Waals surface area (Å²) < 4.78 is 7.73. The van der Waals surface area contributed by atoms with Crippen molar-refractivity contribution < 1.29 is 9.53 Å². The standard InChI is InChI=1S/C17H19N5O2/c1-11(2)20-16(19-10-18)14-8-22-5-6-24-15-4-3-12(9-23)7-13(15)17(22)21-14/h3-4,7-11H,5-6H2,1-2H3,(H2,18,19,20). The summed E-state index contributed by atoms with van der Waals surface area (Å²) in [5.41, 5.74) is 7.44. The number of fused-ring (bicyclic) bond motifs is 3. The van der Waals surface area contributed by atoms with Gasteiger partial charge in [-0.2, -0.15) is 0 Å². The number of aldehydes is 1. The number of aliphatic imine (C=N–C) groups is 2. The van der Waals surface area contributed by atoms with Crippen LogP contribution >= 0.6 is 0 Å². The Balaban J connectivity index is 2.13. The molecule has 7 heteroatoms. The van der Waals surface area contributed by atoms with Crippen molar-refractivity contribution >= 4 is 18.5 Å². The van der Waals surface area contributed by atoms with Crippen LogP contribution in [0.5, 0.6) is 5.75 Å². The highest BCUT2D eigenvalue weighted by molar-refractivity contribution is 6.01. The summed E-state index contributed by atoms with van der Waals surface area (Å²) in [5.74, 6) is 1.92. The van der Waals surface area contributed by atoms with Crippen LogP contribution < -0.4 is 10.5 Å². The highest BCUT2D eigenvalue weighted by atomic mass is 16.5. The summed E-state index contributed by atoms with van der Waals surface area (Å²) >= 11 is 0. The summed E-state index contributed by atoms with van der Waals surface area (Å²) in [7, 11) is 0. The minimum Gasteiger partial charge on any atom is -0.491 e. The predicted molar refractivity (Wildman–Crippen MR) is 92.9 cm³/mol. The second-order valence-electron chi connectivity index (χ2n) is 5.69. The van der Waals surface area contributed by atoms with E-state index in [1.54, 1.807) is 18.2 Å². The van der Waals surface area contributed by atoms with Gasteiger partial charge in [-0.05, 0) is 32.0 Å². The van der Waals surface area contributed by atoms with Crippen LogP contribution in [0.3, 0.4) is 0 Å². The van der Waals surface area contributed by atoms with Crippen LogP contribution in [0.25, 0.3) is 11.4 Å². The van der Waals surface area contributed by atoms with Crippen molar-refractivity contribution in [1.29, 1.82) is 0 Å². The first-order valence-electron chi connectivity index (χ1n) is 7.74. The fourth-order valence-corrected chi connectivity index (χ4v) is 2.57. The number of hydrogen-bond donors (Lipinski definition) is 1. The normalized spacial score (nSPS) is 14.2. The van der Waals surface area contributed by atoms with Crippen molar-refractivity contribution in [2.24, 2.45) is 15.7 Å². The lowest BCUT2D eigenvalue weighted by molar-refractivity contribution is 0.112. The minimum atomic E-state index is 0.0718. The number of nitrogens with two attached hydrogens (primary N) is 1. The van der Waals surface area contributed by atoms with E-state index >= 15 is 0 Å². The van der Waals surface area contributed by atoms with Crippen LogP contribution in [0.1, 0.15) is 29.9 Å². The van der Waals surface area contributed by atoms with Gasteiger partial charge in [0.05, 0.1) is 18.4 Å². The fraction of sp³-hybridized carbons (Fsp3) is 0.294. The monoisotopic (exact) mass is 325 g/mol. The van der Waals surface area contributed by atoms with Gasteiger partial charge in [0.1, 0.15) is 30.2 Å². The van der Waals surface area contributed by atoms with Gasteiger partial charge in [0, 0.05) is 17.8 Å². The molecule has 0 amide bonds. The SMILES string of the molecule is CC(C)N=C(N=CN)c1cn2c(n1)-c1cc(C=O)ccc1OCC2. The van der Waals surface area contributed by atoms with Gasteiger partial charge < -0.3 is 15.0 Å². The zero-order chi connectivity index (χ0) is 17.1. The Morgan fingerprint density at radius 2 is 2.29 bits per heavy atom. The van der Waals surface area contributed by atoms with Crippen LogP contribution in [-0.4, -0.2) is 40.7 Å². The first-order valence-corrected chi connectivity index (χ1v) is 7.74. The third-order valence-electron chi connectivity index (χ3n) is 3.55. The van der Waals surface area contributed by atoms with Crippen molar-refractivity contribution in [1.82, 2.24) is 9.55 Å². The number of nitrogens with zero attached hydrogens (tertiary/aromatic N) is 4. The van der Waals surface area contributed by atoms with E-state index in [1.807, 2.05) is 24.6 Å². The third kappa shape index (κ3) is 3.05. The molecular formula is C17H19N5O2. The van der Waals surface area contributed by atoms with Crippen molar-refractivity contribution in [3.63, 3.8) is 0 Å². The molecule has 7 nitrogen and oxygen atoms in total.